The molecule has 11 heteroatoms. The second-order valence-corrected chi connectivity index (χ2v) is 8.23. The maximum atomic E-state index is 12.7. The molecule has 1 aliphatic rings. The van der Waals surface area contributed by atoms with Crippen LogP contribution in [0.4, 0.5) is 5.69 Å². The van der Waals surface area contributed by atoms with Gasteiger partial charge in [-0.15, -0.1) is 4.40 Å². The SMILES string of the molecule is CN(C)C=NS(=O)(=O)c1cc([N+](=O)[O-])ccc1-c1cnn(C2CCCCO2)c1. The van der Waals surface area contributed by atoms with Crippen LogP contribution >= 0.6 is 0 Å². The number of non-ortho nitro benzene ring substituents is 1. The van der Waals surface area contributed by atoms with Gasteiger partial charge in [-0.2, -0.15) is 13.5 Å². The number of ether oxygens (including phenoxy) is 1. The largest absolute Gasteiger partial charge is 0.368 e. The van der Waals surface area contributed by atoms with Crippen molar-refractivity contribution in [2.75, 3.05) is 20.7 Å². The highest BCUT2D eigenvalue weighted by Gasteiger charge is 2.24. The lowest BCUT2D eigenvalue weighted by Crippen LogP contribution is -2.18. The van der Waals surface area contributed by atoms with Crippen molar-refractivity contribution in [1.82, 2.24) is 14.7 Å². The lowest BCUT2D eigenvalue weighted by molar-refractivity contribution is -0.385. The fourth-order valence-electron chi connectivity index (χ4n) is 2.86. The molecule has 0 radical (unpaired) electrons. The number of nitro groups is 1. The molecule has 0 amide bonds. The number of nitro benzene ring substituents is 1. The number of sulfonamides is 1. The highest BCUT2D eigenvalue weighted by atomic mass is 32.2. The number of hydrogen-bond donors (Lipinski definition) is 0. The van der Waals surface area contributed by atoms with Crippen molar-refractivity contribution >= 4 is 22.0 Å². The zero-order chi connectivity index (χ0) is 20.3. The molecule has 1 aromatic carbocycles. The van der Waals surface area contributed by atoms with Crippen LogP contribution in [0.15, 0.2) is 39.9 Å². The Kier molecular flexibility index (Phi) is 5.75. The van der Waals surface area contributed by atoms with Gasteiger partial charge in [-0.1, -0.05) is 0 Å². The maximum absolute atomic E-state index is 12.7. The van der Waals surface area contributed by atoms with Crippen molar-refractivity contribution in [3.8, 4) is 11.1 Å². The molecule has 1 fully saturated rings. The summed E-state index contributed by atoms with van der Waals surface area (Å²) in [5.74, 6) is 0. The summed E-state index contributed by atoms with van der Waals surface area (Å²) < 4.78 is 36.4. The van der Waals surface area contributed by atoms with Gasteiger partial charge in [0.25, 0.3) is 15.7 Å². The average Bonchev–Trinajstić information content (AvgIpc) is 3.17. The van der Waals surface area contributed by atoms with Crippen LogP contribution in [-0.2, 0) is 14.8 Å². The molecule has 1 aliphatic heterocycles. The summed E-state index contributed by atoms with van der Waals surface area (Å²) >= 11 is 0. The molecule has 1 aromatic heterocycles. The van der Waals surface area contributed by atoms with E-state index in [4.69, 9.17) is 4.74 Å². The molecule has 2 heterocycles. The van der Waals surface area contributed by atoms with Gasteiger partial charge >= 0.3 is 0 Å². The summed E-state index contributed by atoms with van der Waals surface area (Å²) in [4.78, 5) is 11.7. The molecule has 0 N–H and O–H groups in total. The molecule has 1 unspecified atom stereocenters. The Balaban J connectivity index is 2.05. The minimum Gasteiger partial charge on any atom is -0.368 e. The van der Waals surface area contributed by atoms with E-state index in [0.29, 0.717) is 17.7 Å². The van der Waals surface area contributed by atoms with Gasteiger partial charge in [0, 0.05) is 50.2 Å². The lowest BCUT2D eigenvalue weighted by atomic mass is 10.1. The number of hydrogen-bond acceptors (Lipinski definition) is 6. The van der Waals surface area contributed by atoms with Crippen LogP contribution in [-0.4, -0.2) is 55.1 Å². The molecule has 3 rings (SSSR count). The molecule has 1 saturated heterocycles. The van der Waals surface area contributed by atoms with Gasteiger partial charge in [-0.3, -0.25) is 10.1 Å². The second kappa shape index (κ2) is 8.07. The third kappa shape index (κ3) is 4.37. The van der Waals surface area contributed by atoms with E-state index in [9.17, 15) is 18.5 Å². The van der Waals surface area contributed by atoms with Gasteiger partial charge in [0.05, 0.1) is 11.1 Å². The topological polar surface area (TPSA) is 120 Å². The first-order valence-corrected chi connectivity index (χ1v) is 10.1. The van der Waals surface area contributed by atoms with E-state index in [1.54, 1.807) is 25.0 Å². The molecule has 2 aromatic rings. The molecule has 0 bridgehead atoms. The number of nitrogens with zero attached hydrogens (tertiary/aromatic N) is 5. The van der Waals surface area contributed by atoms with E-state index in [2.05, 4.69) is 9.50 Å². The van der Waals surface area contributed by atoms with Crippen LogP contribution in [0.25, 0.3) is 11.1 Å². The Bertz CT molecular complexity index is 993. The molecule has 150 valence electrons. The van der Waals surface area contributed by atoms with Crippen LogP contribution in [0.5, 0.6) is 0 Å². The molecular weight excluding hydrogens is 386 g/mol. The van der Waals surface area contributed by atoms with Crippen molar-refractivity contribution in [2.24, 2.45) is 4.40 Å². The Morgan fingerprint density at radius 1 is 1.39 bits per heavy atom. The van der Waals surface area contributed by atoms with Crippen LogP contribution in [0.1, 0.15) is 25.5 Å². The van der Waals surface area contributed by atoms with E-state index in [-0.39, 0.29) is 16.8 Å². The first kappa shape index (κ1) is 20.0. The van der Waals surface area contributed by atoms with E-state index < -0.39 is 14.9 Å². The Hall–Kier alpha value is -2.79. The van der Waals surface area contributed by atoms with E-state index in [1.807, 2.05) is 0 Å². The molecule has 0 saturated carbocycles. The van der Waals surface area contributed by atoms with Crippen molar-refractivity contribution in [3.05, 3.63) is 40.7 Å². The highest BCUT2D eigenvalue weighted by molar-refractivity contribution is 7.90. The summed E-state index contributed by atoms with van der Waals surface area (Å²) in [7, 11) is -0.898. The maximum Gasteiger partial charge on any atom is 0.284 e. The third-order valence-electron chi connectivity index (χ3n) is 4.23. The Morgan fingerprint density at radius 3 is 2.82 bits per heavy atom. The van der Waals surface area contributed by atoms with Crippen LogP contribution in [0.2, 0.25) is 0 Å². The van der Waals surface area contributed by atoms with E-state index in [0.717, 1.165) is 31.7 Å². The van der Waals surface area contributed by atoms with Crippen LogP contribution in [0, 0.1) is 10.1 Å². The van der Waals surface area contributed by atoms with Crippen LogP contribution < -0.4 is 0 Å². The summed E-state index contributed by atoms with van der Waals surface area (Å²) in [5, 5.41) is 15.4. The number of aromatic nitrogens is 2. The summed E-state index contributed by atoms with van der Waals surface area (Å²) in [5.41, 5.74) is 0.483. The monoisotopic (exact) mass is 407 g/mol. The molecule has 0 spiro atoms. The number of rotatable bonds is 6. The summed E-state index contributed by atoms with van der Waals surface area (Å²) in [6.07, 6.45) is 6.99. The predicted octanol–water partition coefficient (Wildman–Crippen LogP) is 2.44. The zero-order valence-electron chi connectivity index (χ0n) is 15.6. The van der Waals surface area contributed by atoms with Gasteiger partial charge in [0.2, 0.25) is 0 Å². The molecular formula is C17H21N5O5S. The molecule has 1 atom stereocenters. The average molecular weight is 407 g/mol. The lowest BCUT2D eigenvalue weighted by Gasteiger charge is -2.22. The van der Waals surface area contributed by atoms with Gasteiger partial charge in [0.15, 0.2) is 0 Å². The fourth-order valence-corrected chi connectivity index (χ4v) is 4.02. The quantitative estimate of drug-likeness (QED) is 0.312. The van der Waals surface area contributed by atoms with Crippen LogP contribution in [0.3, 0.4) is 0 Å². The number of benzene rings is 1. The Labute approximate surface area is 162 Å². The van der Waals surface area contributed by atoms with Crippen molar-refractivity contribution in [2.45, 2.75) is 30.4 Å². The minimum atomic E-state index is -4.15. The molecule has 10 nitrogen and oxygen atoms in total. The first-order valence-electron chi connectivity index (χ1n) is 8.69. The van der Waals surface area contributed by atoms with Gasteiger partial charge < -0.3 is 9.64 Å². The minimum absolute atomic E-state index is 0.202. The van der Waals surface area contributed by atoms with Gasteiger partial charge in [0.1, 0.15) is 17.5 Å². The van der Waals surface area contributed by atoms with E-state index in [1.165, 1.54) is 23.2 Å². The first-order chi connectivity index (χ1) is 13.3. The third-order valence-corrected chi connectivity index (χ3v) is 5.50. The predicted molar refractivity (Wildman–Crippen MR) is 103 cm³/mol. The standard InChI is InChI=1S/C17H21N5O5S/c1-20(2)12-19-28(25,26)16-9-14(22(23)24)6-7-15(16)13-10-18-21(11-13)17-5-3-4-8-27-17/h6-7,9-12,17H,3-5,8H2,1-2H3. The van der Waals surface area contributed by atoms with Crippen molar-refractivity contribution in [3.63, 3.8) is 0 Å². The van der Waals surface area contributed by atoms with E-state index >= 15 is 0 Å². The van der Waals surface area contributed by atoms with Gasteiger partial charge in [-0.25, -0.2) is 4.68 Å². The Morgan fingerprint density at radius 2 is 2.18 bits per heavy atom. The fraction of sp³-hybridized carbons (Fsp3) is 0.412. The van der Waals surface area contributed by atoms with Crippen molar-refractivity contribution < 1.29 is 18.1 Å². The van der Waals surface area contributed by atoms with Gasteiger partial charge in [-0.05, 0) is 25.3 Å². The van der Waals surface area contributed by atoms with Crippen molar-refractivity contribution in [1.29, 1.82) is 0 Å². The molecule has 0 aliphatic carbocycles. The zero-order valence-corrected chi connectivity index (χ0v) is 16.4. The summed E-state index contributed by atoms with van der Waals surface area (Å²) in [6.45, 7) is 0.649. The second-order valence-electron chi connectivity index (χ2n) is 6.63. The highest BCUT2D eigenvalue weighted by Crippen LogP contribution is 2.33. The smallest absolute Gasteiger partial charge is 0.284 e. The molecule has 28 heavy (non-hydrogen) atoms. The normalized spacial score (nSPS) is 17.7. The summed E-state index contributed by atoms with van der Waals surface area (Å²) in [6, 6.07) is 3.68.